The van der Waals surface area contributed by atoms with Crippen molar-refractivity contribution in [2.45, 2.75) is 27.3 Å². The molecule has 0 N–H and O–H groups in total. The molecule has 0 aliphatic heterocycles. The number of nitrogens with zero attached hydrogens (tertiary/aromatic N) is 3. The summed E-state index contributed by atoms with van der Waals surface area (Å²) >= 11 is 3.05. The zero-order valence-electron chi connectivity index (χ0n) is 11.9. The second kappa shape index (κ2) is 5.77. The lowest BCUT2D eigenvalue weighted by Gasteiger charge is -2.05. The molecule has 0 saturated carbocycles. The zero-order valence-corrected chi connectivity index (χ0v) is 13.5. The van der Waals surface area contributed by atoms with E-state index in [4.69, 9.17) is 0 Å². The first-order valence-corrected chi connectivity index (χ1v) is 7.08. The van der Waals surface area contributed by atoms with E-state index >= 15 is 0 Å². The van der Waals surface area contributed by atoms with Gasteiger partial charge < -0.3 is 10.1 Å². The molecule has 0 aliphatic carbocycles. The number of Topliss-reactive ketones (excluding diaryl/α,β-unsaturated/α-hetero) is 1. The molecule has 110 valence electrons. The van der Waals surface area contributed by atoms with Crippen LogP contribution < -0.4 is 0 Å². The summed E-state index contributed by atoms with van der Waals surface area (Å²) in [4.78, 5) is 26.9. The number of ketones is 1. The summed E-state index contributed by atoms with van der Waals surface area (Å²) in [5, 5.41) is 11.1. The molecule has 0 spiro atoms. The van der Waals surface area contributed by atoms with Crippen LogP contribution in [0, 0.1) is 30.9 Å². The van der Waals surface area contributed by atoms with Crippen molar-refractivity contribution in [1.29, 1.82) is 0 Å². The van der Waals surface area contributed by atoms with Gasteiger partial charge in [0.2, 0.25) is 10.4 Å². The Labute approximate surface area is 130 Å². The first-order chi connectivity index (χ1) is 9.81. The minimum Gasteiger partial charge on any atom is -0.358 e. The third-order valence-corrected chi connectivity index (χ3v) is 3.93. The third kappa shape index (κ3) is 3.02. The molecule has 0 atom stereocenters. The summed E-state index contributed by atoms with van der Waals surface area (Å²) < 4.78 is 1.44. The third-order valence-electron chi connectivity index (χ3n) is 3.39. The number of hydrogen-bond donors (Lipinski definition) is 0. The molecule has 6 nitrogen and oxygen atoms in total. The summed E-state index contributed by atoms with van der Waals surface area (Å²) in [6.07, 6.45) is 0. The van der Waals surface area contributed by atoms with E-state index < -0.39 is 4.92 Å². The summed E-state index contributed by atoms with van der Waals surface area (Å²) in [5.74, 6) is 0.0321. The lowest BCUT2D eigenvalue weighted by molar-refractivity contribution is -0.392. The van der Waals surface area contributed by atoms with Gasteiger partial charge in [-0.05, 0) is 51.9 Å². The van der Waals surface area contributed by atoms with Crippen LogP contribution in [-0.2, 0) is 6.54 Å². The minimum atomic E-state index is -0.544. The van der Waals surface area contributed by atoms with Crippen LogP contribution in [0.3, 0.4) is 0 Å². The van der Waals surface area contributed by atoms with E-state index in [2.05, 4.69) is 20.9 Å². The van der Waals surface area contributed by atoms with Crippen LogP contribution in [0.4, 0.5) is 5.82 Å². The van der Waals surface area contributed by atoms with E-state index in [9.17, 15) is 14.9 Å². The molecule has 0 fully saturated rings. The number of carbonyl (C=O) groups excluding carboxylic acids is 1. The van der Waals surface area contributed by atoms with Crippen LogP contribution in [0.15, 0.2) is 22.8 Å². The van der Waals surface area contributed by atoms with Crippen LogP contribution >= 0.6 is 15.9 Å². The highest BCUT2D eigenvalue weighted by molar-refractivity contribution is 9.10. The number of nitro groups is 1. The van der Waals surface area contributed by atoms with Gasteiger partial charge in [-0.1, -0.05) is 12.1 Å². The van der Waals surface area contributed by atoms with Crippen molar-refractivity contribution in [2.75, 3.05) is 0 Å². The maximum atomic E-state index is 12.3. The number of hydrogen-bond acceptors (Lipinski definition) is 4. The lowest BCUT2D eigenvalue weighted by Crippen LogP contribution is -2.14. The largest absolute Gasteiger partial charge is 0.358 e. The van der Waals surface area contributed by atoms with Gasteiger partial charge in [-0.15, -0.1) is 0 Å². The smallest absolute Gasteiger partial charge is 0.357 e. The van der Waals surface area contributed by atoms with Gasteiger partial charge in [0, 0.05) is 12.5 Å². The Morgan fingerprint density at radius 3 is 2.57 bits per heavy atom. The zero-order chi connectivity index (χ0) is 15.7. The van der Waals surface area contributed by atoms with Gasteiger partial charge in [-0.3, -0.25) is 4.79 Å². The predicted molar refractivity (Wildman–Crippen MR) is 81.6 cm³/mol. The molecule has 1 aromatic carbocycles. The second-order valence-electron chi connectivity index (χ2n) is 4.84. The number of benzene rings is 1. The molecule has 0 radical (unpaired) electrons. The molecule has 21 heavy (non-hydrogen) atoms. The molecule has 0 saturated heterocycles. The molecular weight excluding hydrogens is 338 g/mol. The van der Waals surface area contributed by atoms with E-state index in [-0.39, 0.29) is 22.7 Å². The van der Waals surface area contributed by atoms with Crippen LogP contribution in [0.2, 0.25) is 0 Å². The van der Waals surface area contributed by atoms with Gasteiger partial charge in [-0.2, -0.15) is 4.98 Å². The maximum Gasteiger partial charge on any atom is 0.357 e. The Hall–Kier alpha value is -2.02. The van der Waals surface area contributed by atoms with Crippen LogP contribution in [-0.4, -0.2) is 20.3 Å². The van der Waals surface area contributed by atoms with Crippen molar-refractivity contribution in [3.05, 3.63) is 55.4 Å². The van der Waals surface area contributed by atoms with Crippen molar-refractivity contribution < 1.29 is 9.72 Å². The van der Waals surface area contributed by atoms with Crippen molar-refractivity contribution in [3.8, 4) is 0 Å². The van der Waals surface area contributed by atoms with Gasteiger partial charge in [0.15, 0.2) is 12.4 Å². The Bertz CT molecular complexity index is 737. The van der Waals surface area contributed by atoms with Gasteiger partial charge >= 0.3 is 5.82 Å². The van der Waals surface area contributed by atoms with Crippen molar-refractivity contribution in [2.24, 2.45) is 0 Å². The molecule has 0 aliphatic rings. The van der Waals surface area contributed by atoms with Crippen LogP contribution in [0.1, 0.15) is 27.3 Å². The Morgan fingerprint density at radius 1 is 1.33 bits per heavy atom. The Kier molecular flexibility index (Phi) is 4.22. The molecule has 0 bridgehead atoms. The first-order valence-electron chi connectivity index (χ1n) is 6.28. The van der Waals surface area contributed by atoms with E-state index in [1.807, 2.05) is 19.9 Å². The second-order valence-corrected chi connectivity index (χ2v) is 5.59. The van der Waals surface area contributed by atoms with Gasteiger partial charge in [-0.25, -0.2) is 4.57 Å². The first kappa shape index (κ1) is 15.4. The van der Waals surface area contributed by atoms with Crippen LogP contribution in [0.25, 0.3) is 0 Å². The molecular formula is C14H14BrN3O3. The Balaban J connectivity index is 2.36. The molecule has 2 rings (SSSR count). The van der Waals surface area contributed by atoms with E-state index in [1.54, 1.807) is 19.1 Å². The fourth-order valence-corrected chi connectivity index (χ4v) is 2.65. The maximum absolute atomic E-state index is 12.3. The number of carbonyl (C=O) groups is 1. The lowest BCUT2D eigenvalue weighted by atomic mass is 10.0. The molecule has 1 aromatic heterocycles. The summed E-state index contributed by atoms with van der Waals surface area (Å²) in [5.41, 5.74) is 2.65. The highest BCUT2D eigenvalue weighted by Gasteiger charge is 2.25. The quantitative estimate of drug-likeness (QED) is 0.480. The Morgan fingerprint density at radius 2 is 2.00 bits per heavy atom. The highest BCUT2D eigenvalue weighted by Crippen LogP contribution is 2.26. The van der Waals surface area contributed by atoms with E-state index in [1.165, 1.54) is 4.57 Å². The molecule has 7 heteroatoms. The number of imidazole rings is 1. The molecule has 1 heterocycles. The van der Waals surface area contributed by atoms with Crippen molar-refractivity contribution in [3.63, 3.8) is 0 Å². The summed E-state index contributed by atoms with van der Waals surface area (Å²) in [7, 11) is 0. The highest BCUT2D eigenvalue weighted by atomic mass is 79.9. The summed E-state index contributed by atoms with van der Waals surface area (Å²) in [6.45, 7) is 5.41. The molecule has 0 amide bonds. The SMILES string of the molecule is Cc1ccc(C(=O)Cn2c(C)nc(Br)c2[N+](=O)[O-])cc1C. The van der Waals surface area contributed by atoms with Crippen molar-refractivity contribution >= 4 is 27.5 Å². The normalized spacial score (nSPS) is 10.7. The monoisotopic (exact) mass is 351 g/mol. The number of halogens is 1. The van der Waals surface area contributed by atoms with E-state index in [0.717, 1.165) is 11.1 Å². The number of aromatic nitrogens is 2. The van der Waals surface area contributed by atoms with Crippen LogP contribution in [0.5, 0.6) is 0 Å². The summed E-state index contributed by atoms with van der Waals surface area (Å²) in [6, 6.07) is 5.40. The molecule has 0 unspecified atom stereocenters. The average molecular weight is 352 g/mol. The predicted octanol–water partition coefficient (Wildman–Crippen LogP) is 3.36. The minimum absolute atomic E-state index is 0.108. The topological polar surface area (TPSA) is 78.0 Å². The number of rotatable bonds is 4. The van der Waals surface area contributed by atoms with Crippen molar-refractivity contribution in [1.82, 2.24) is 9.55 Å². The van der Waals surface area contributed by atoms with E-state index in [0.29, 0.717) is 11.4 Å². The molecule has 2 aromatic rings. The number of aryl methyl sites for hydroxylation is 3. The average Bonchev–Trinajstić information content (AvgIpc) is 2.67. The van der Waals surface area contributed by atoms with Gasteiger partial charge in [0.05, 0.1) is 0 Å². The fourth-order valence-electron chi connectivity index (χ4n) is 2.03. The van der Waals surface area contributed by atoms with Gasteiger partial charge in [0.1, 0.15) is 0 Å². The standard InChI is InChI=1S/C14H14BrN3O3/c1-8-4-5-11(6-9(8)2)12(19)7-17-10(3)16-13(15)14(17)18(20)21/h4-6H,7H2,1-3H3. The van der Waals surface area contributed by atoms with Gasteiger partial charge in [0.25, 0.3) is 0 Å². The fraction of sp³-hybridized carbons (Fsp3) is 0.286.